The molecule has 1 heterocycles. The predicted octanol–water partition coefficient (Wildman–Crippen LogP) is -3.83. The van der Waals surface area contributed by atoms with E-state index in [1.54, 1.807) is 24.3 Å². The standard InChI is InChI=1S/C48H76N14O14/c1-23(2)16-28(49)40(68)58-32(17-24(3)4)41(69)55-21-37(65)56-30(12-9-15-53-48(51)52)42(70)60-34(19-36(50)64)45(73)61-35(22-63)46(74)59-33(18-26-20-54-29-11-8-7-10-27(26)29)44(72)57-31(13-14-38(66)67)43(71)62-39(25(5)6)47(75)76/h7-8,10-11,20,23-25,28,30-35,39,54,63H,9,12-19,21-22,49H2,1-6H3,(H2,50,64)(H,55,69)(H,56,65)(H,57,72)(H,58,68)(H,59,74)(H,60,70)(H,61,73)(H,62,71)(H,66,67)(H,75,76)(H4,51,52,53)/t28-,30-,31-,32-,33-,34-,35-,39-/m0/s1. The van der Waals surface area contributed by atoms with Gasteiger partial charge in [-0.1, -0.05) is 59.7 Å². The summed E-state index contributed by atoms with van der Waals surface area (Å²) in [6, 6.07) is -5.00. The first kappa shape index (κ1) is 64.2. The fraction of sp³-hybridized carbons (Fsp3) is 0.583. The van der Waals surface area contributed by atoms with Crippen molar-refractivity contribution in [3.05, 3.63) is 36.0 Å². The first-order valence-corrected chi connectivity index (χ1v) is 24.7. The molecule has 0 bridgehead atoms. The van der Waals surface area contributed by atoms with Gasteiger partial charge >= 0.3 is 11.9 Å². The molecule has 28 heteroatoms. The number of aliphatic hydroxyl groups excluding tert-OH is 1. The van der Waals surface area contributed by atoms with Crippen LogP contribution in [-0.2, 0) is 59.2 Å². The molecule has 8 atom stereocenters. The van der Waals surface area contributed by atoms with Crippen LogP contribution in [0.3, 0.4) is 0 Å². The van der Waals surface area contributed by atoms with E-state index in [0.29, 0.717) is 22.9 Å². The number of rotatable bonds is 34. The Hall–Kier alpha value is -7.88. The number of benzene rings is 1. The number of aliphatic carboxylic acids is 2. The summed E-state index contributed by atoms with van der Waals surface area (Å²) in [6.07, 6.45) is -0.335. The largest absolute Gasteiger partial charge is 0.481 e. The summed E-state index contributed by atoms with van der Waals surface area (Å²) in [6.45, 7) is 8.59. The summed E-state index contributed by atoms with van der Waals surface area (Å²) in [5, 5.41) is 49.3. The molecule has 28 nitrogen and oxygen atoms in total. The van der Waals surface area contributed by atoms with Crippen LogP contribution in [0.2, 0.25) is 0 Å². The fourth-order valence-corrected chi connectivity index (χ4v) is 7.63. The maximum atomic E-state index is 14.1. The Kier molecular flexibility index (Phi) is 26.8. The van der Waals surface area contributed by atoms with Gasteiger partial charge < -0.3 is 85.8 Å². The van der Waals surface area contributed by atoms with Crippen LogP contribution in [-0.4, -0.2) is 159 Å². The van der Waals surface area contributed by atoms with Gasteiger partial charge in [0.05, 0.1) is 25.6 Å². The minimum absolute atomic E-state index is 0.0222. The van der Waals surface area contributed by atoms with E-state index in [1.165, 1.54) is 20.0 Å². The number of fused-ring (bicyclic) bond motifs is 1. The molecule has 76 heavy (non-hydrogen) atoms. The van der Waals surface area contributed by atoms with Crippen LogP contribution >= 0.6 is 0 Å². The van der Waals surface area contributed by atoms with Crippen LogP contribution in [0.4, 0.5) is 0 Å². The number of primary amides is 1. The molecule has 0 aliphatic heterocycles. The molecule has 2 rings (SSSR count). The topological polar surface area (TPSA) is 477 Å². The number of amides is 9. The number of hydrogen-bond acceptors (Lipinski definition) is 14. The molecule has 9 amide bonds. The van der Waals surface area contributed by atoms with Gasteiger partial charge in [0.1, 0.15) is 42.3 Å². The SMILES string of the molecule is CC(C)C[C@H](NC(=O)[C@@H](N)CC(C)C)C(=O)NCC(=O)N[C@@H](CCCN=C(N)N)C(=O)N[C@@H](CC(N)=O)C(=O)N[C@@H](CO)C(=O)N[C@@H](Cc1c[nH]c2ccccc12)C(=O)N[C@@H](CCC(=O)O)C(=O)N[C@H](C(=O)O)C(C)C. The summed E-state index contributed by atoms with van der Waals surface area (Å²) in [4.78, 5) is 151. The molecule has 0 aliphatic rings. The zero-order valence-electron chi connectivity index (χ0n) is 43.6. The lowest BCUT2D eigenvalue weighted by molar-refractivity contribution is -0.144. The fourth-order valence-electron chi connectivity index (χ4n) is 7.63. The van der Waals surface area contributed by atoms with Gasteiger partial charge in [0.25, 0.3) is 0 Å². The van der Waals surface area contributed by atoms with E-state index in [1.807, 2.05) is 27.7 Å². The lowest BCUT2D eigenvalue weighted by atomic mass is 10.0. The van der Waals surface area contributed by atoms with Crippen LogP contribution in [0, 0.1) is 17.8 Å². The lowest BCUT2D eigenvalue weighted by Gasteiger charge is -2.27. The molecule has 0 fully saturated rings. The highest BCUT2D eigenvalue weighted by atomic mass is 16.4. The van der Waals surface area contributed by atoms with Crippen LogP contribution in [0.5, 0.6) is 0 Å². The van der Waals surface area contributed by atoms with Crippen molar-refractivity contribution >= 4 is 82.0 Å². The number of hydrogen-bond donors (Lipinski definition) is 16. The van der Waals surface area contributed by atoms with Gasteiger partial charge in [-0.3, -0.25) is 52.9 Å². The Bertz CT molecular complexity index is 2390. The van der Waals surface area contributed by atoms with Gasteiger partial charge in [-0.25, -0.2) is 4.79 Å². The van der Waals surface area contributed by atoms with E-state index in [4.69, 9.17) is 22.9 Å². The van der Waals surface area contributed by atoms with Gasteiger partial charge in [-0.05, 0) is 61.5 Å². The smallest absolute Gasteiger partial charge is 0.326 e. The minimum Gasteiger partial charge on any atom is -0.481 e. The van der Waals surface area contributed by atoms with Crippen molar-refractivity contribution in [1.29, 1.82) is 0 Å². The third-order valence-corrected chi connectivity index (χ3v) is 11.5. The Morgan fingerprint density at radius 2 is 1.17 bits per heavy atom. The maximum absolute atomic E-state index is 14.1. The summed E-state index contributed by atoms with van der Waals surface area (Å²) in [7, 11) is 0. The van der Waals surface area contributed by atoms with Crippen molar-refractivity contribution in [1.82, 2.24) is 47.5 Å². The van der Waals surface area contributed by atoms with Crippen molar-refractivity contribution in [2.75, 3.05) is 19.7 Å². The quantitative estimate of drug-likeness (QED) is 0.0181. The van der Waals surface area contributed by atoms with Crippen molar-refractivity contribution in [2.24, 2.45) is 45.7 Å². The molecule has 422 valence electrons. The molecule has 2 aromatic rings. The molecule has 0 radical (unpaired) electrons. The second kappa shape index (κ2) is 31.8. The highest BCUT2D eigenvalue weighted by molar-refractivity contribution is 5.99. The number of carbonyl (C=O) groups excluding carboxylic acids is 9. The number of carboxylic acids is 2. The minimum atomic E-state index is -1.90. The van der Waals surface area contributed by atoms with Crippen molar-refractivity contribution in [2.45, 2.75) is 141 Å². The number of aromatic amines is 1. The number of nitrogens with zero attached hydrogens (tertiary/aromatic N) is 1. The number of para-hydroxylation sites is 1. The second-order valence-electron chi connectivity index (χ2n) is 19.4. The van der Waals surface area contributed by atoms with Gasteiger partial charge in [0.15, 0.2) is 5.96 Å². The van der Waals surface area contributed by atoms with Crippen LogP contribution < -0.4 is 65.5 Å². The van der Waals surface area contributed by atoms with E-state index < -0.39 is 152 Å². The van der Waals surface area contributed by atoms with E-state index in [9.17, 15) is 68.1 Å². The Morgan fingerprint density at radius 3 is 1.75 bits per heavy atom. The third kappa shape index (κ3) is 22.7. The first-order valence-electron chi connectivity index (χ1n) is 24.7. The predicted molar refractivity (Wildman–Crippen MR) is 276 cm³/mol. The molecular formula is C48H76N14O14. The van der Waals surface area contributed by atoms with E-state index in [2.05, 4.69) is 52.5 Å². The molecule has 20 N–H and O–H groups in total. The average Bonchev–Trinajstić information content (AvgIpc) is 3.74. The number of nitrogens with two attached hydrogens (primary N) is 4. The number of carbonyl (C=O) groups is 11. The molecule has 0 saturated carbocycles. The van der Waals surface area contributed by atoms with Crippen LogP contribution in [0.25, 0.3) is 10.9 Å². The Morgan fingerprint density at radius 1 is 0.632 bits per heavy atom. The molecule has 0 aliphatic carbocycles. The number of guanidine groups is 1. The molecule has 0 saturated heterocycles. The van der Waals surface area contributed by atoms with Gasteiger partial charge in [0, 0.05) is 36.5 Å². The molecule has 0 unspecified atom stereocenters. The Labute approximate surface area is 439 Å². The second-order valence-corrected chi connectivity index (χ2v) is 19.4. The van der Waals surface area contributed by atoms with Crippen LogP contribution in [0.15, 0.2) is 35.5 Å². The van der Waals surface area contributed by atoms with Crippen molar-refractivity contribution in [3.63, 3.8) is 0 Å². The van der Waals surface area contributed by atoms with Gasteiger partial charge in [0.2, 0.25) is 53.2 Å². The zero-order chi connectivity index (χ0) is 57.4. The first-order chi connectivity index (χ1) is 35.6. The Balaban J connectivity index is 2.40. The lowest BCUT2D eigenvalue weighted by Crippen LogP contribution is -2.61. The van der Waals surface area contributed by atoms with E-state index >= 15 is 0 Å². The summed E-state index contributed by atoms with van der Waals surface area (Å²) < 4.78 is 0. The van der Waals surface area contributed by atoms with Crippen molar-refractivity contribution < 1.29 is 68.1 Å². The number of aliphatic imine (C=N–C) groups is 1. The summed E-state index contributed by atoms with van der Waals surface area (Å²) >= 11 is 0. The number of H-pyrrole nitrogens is 1. The zero-order valence-corrected chi connectivity index (χ0v) is 43.6. The highest BCUT2D eigenvalue weighted by Gasteiger charge is 2.35. The third-order valence-electron chi connectivity index (χ3n) is 11.5. The number of aliphatic hydroxyl groups is 1. The van der Waals surface area contributed by atoms with Gasteiger partial charge in [-0.2, -0.15) is 0 Å². The van der Waals surface area contributed by atoms with E-state index in [0.717, 1.165) is 0 Å². The van der Waals surface area contributed by atoms with Gasteiger partial charge in [-0.15, -0.1) is 0 Å². The summed E-state index contributed by atoms with van der Waals surface area (Å²) in [5.74, 6) is -12.5. The highest BCUT2D eigenvalue weighted by Crippen LogP contribution is 2.20. The molecule has 1 aromatic heterocycles. The molecular weight excluding hydrogens is 997 g/mol. The molecule has 1 aromatic carbocycles. The number of aromatic nitrogens is 1. The monoisotopic (exact) mass is 1070 g/mol. The van der Waals surface area contributed by atoms with E-state index in [-0.39, 0.29) is 50.0 Å². The van der Waals surface area contributed by atoms with Crippen LogP contribution in [0.1, 0.15) is 92.1 Å². The normalized spacial score (nSPS) is 14.4. The summed E-state index contributed by atoms with van der Waals surface area (Å²) in [5.41, 5.74) is 23.4. The molecule has 0 spiro atoms. The maximum Gasteiger partial charge on any atom is 0.326 e. The average molecular weight is 1070 g/mol. The van der Waals surface area contributed by atoms with Crippen molar-refractivity contribution in [3.8, 4) is 0 Å². The number of nitrogens with one attached hydrogen (secondary N) is 9. The number of carboxylic acid groups (broad SMARTS) is 2.